The van der Waals surface area contributed by atoms with E-state index >= 15 is 0 Å². The first kappa shape index (κ1) is 14.5. The second kappa shape index (κ2) is 6.58. The number of furan rings is 1. The Hall–Kier alpha value is -2.40. The Morgan fingerprint density at radius 2 is 2.09 bits per heavy atom. The lowest BCUT2D eigenvalue weighted by atomic mass is 10.1. The van der Waals surface area contributed by atoms with Gasteiger partial charge in [-0.05, 0) is 42.0 Å². The summed E-state index contributed by atoms with van der Waals surface area (Å²) in [5, 5.41) is 2.88. The number of halogens is 1. The van der Waals surface area contributed by atoms with Gasteiger partial charge < -0.3 is 9.73 Å². The highest BCUT2D eigenvalue weighted by Crippen LogP contribution is 2.19. The summed E-state index contributed by atoms with van der Waals surface area (Å²) in [5.41, 5.74) is 2.42. The van der Waals surface area contributed by atoms with Crippen molar-refractivity contribution in [2.24, 2.45) is 0 Å². The summed E-state index contributed by atoms with van der Waals surface area (Å²) in [6, 6.07) is 12.9. The van der Waals surface area contributed by atoms with E-state index in [2.05, 4.69) is 26.2 Å². The fourth-order valence-electron chi connectivity index (χ4n) is 2.08. The monoisotopic (exact) mass is 356 g/mol. The van der Waals surface area contributed by atoms with Crippen LogP contribution in [0.5, 0.6) is 0 Å². The molecule has 5 heteroatoms. The van der Waals surface area contributed by atoms with Gasteiger partial charge in [0, 0.05) is 34.5 Å². The maximum atomic E-state index is 12.1. The molecule has 0 unspecified atom stereocenters. The molecule has 4 nitrogen and oxygen atoms in total. The molecule has 110 valence electrons. The molecular weight excluding hydrogens is 344 g/mol. The average Bonchev–Trinajstić information content (AvgIpc) is 3.07. The molecule has 0 aliphatic carbocycles. The Morgan fingerprint density at radius 1 is 1.18 bits per heavy atom. The van der Waals surface area contributed by atoms with Crippen molar-refractivity contribution >= 4 is 21.8 Å². The highest BCUT2D eigenvalue weighted by molar-refractivity contribution is 9.10. The van der Waals surface area contributed by atoms with Crippen LogP contribution in [0.3, 0.4) is 0 Å². The van der Waals surface area contributed by atoms with Crippen LogP contribution in [0.4, 0.5) is 0 Å². The van der Waals surface area contributed by atoms with Crippen molar-refractivity contribution in [3.8, 4) is 11.3 Å². The first-order chi connectivity index (χ1) is 10.7. The molecular formula is C17H13BrN2O2. The standard InChI is InChI=1S/C17H13BrN2O2/c18-15-4-1-3-13(8-15)17(21)20-10-12-7-14(11-19-9-12)16-5-2-6-22-16/h1-9,11H,10H2,(H,20,21). The zero-order chi connectivity index (χ0) is 15.4. The largest absolute Gasteiger partial charge is 0.464 e. The van der Waals surface area contributed by atoms with Crippen molar-refractivity contribution in [2.45, 2.75) is 6.54 Å². The van der Waals surface area contributed by atoms with Gasteiger partial charge in [0.1, 0.15) is 5.76 Å². The van der Waals surface area contributed by atoms with Crippen LogP contribution < -0.4 is 5.32 Å². The topological polar surface area (TPSA) is 55.1 Å². The highest BCUT2D eigenvalue weighted by Gasteiger charge is 2.07. The number of pyridine rings is 1. The molecule has 1 aromatic carbocycles. The molecule has 2 heterocycles. The van der Waals surface area contributed by atoms with Crippen LogP contribution in [0, 0.1) is 0 Å². The summed E-state index contributed by atoms with van der Waals surface area (Å²) >= 11 is 3.36. The zero-order valence-electron chi connectivity index (χ0n) is 11.6. The van der Waals surface area contributed by atoms with Crippen LogP contribution in [-0.2, 0) is 6.54 Å². The molecule has 0 bridgehead atoms. The molecule has 0 saturated heterocycles. The van der Waals surface area contributed by atoms with Gasteiger partial charge in [-0.3, -0.25) is 9.78 Å². The third kappa shape index (κ3) is 3.43. The highest BCUT2D eigenvalue weighted by atomic mass is 79.9. The van der Waals surface area contributed by atoms with Gasteiger partial charge in [0.25, 0.3) is 5.91 Å². The molecule has 0 saturated carbocycles. The van der Waals surface area contributed by atoms with Gasteiger partial charge in [0.15, 0.2) is 0 Å². The lowest BCUT2D eigenvalue weighted by Crippen LogP contribution is -2.22. The minimum absolute atomic E-state index is 0.121. The number of nitrogens with zero attached hydrogens (tertiary/aromatic N) is 1. The quantitative estimate of drug-likeness (QED) is 0.767. The van der Waals surface area contributed by atoms with E-state index in [0.717, 1.165) is 21.4 Å². The second-order valence-corrected chi connectivity index (χ2v) is 5.67. The summed E-state index contributed by atoms with van der Waals surface area (Å²) in [6.45, 7) is 0.410. The van der Waals surface area contributed by atoms with Gasteiger partial charge in [0.2, 0.25) is 0 Å². The van der Waals surface area contributed by atoms with Gasteiger partial charge in [-0.2, -0.15) is 0 Å². The number of hydrogen-bond acceptors (Lipinski definition) is 3. The van der Waals surface area contributed by atoms with Crippen molar-refractivity contribution in [1.82, 2.24) is 10.3 Å². The molecule has 0 spiro atoms. The van der Waals surface area contributed by atoms with Crippen LogP contribution in [-0.4, -0.2) is 10.9 Å². The molecule has 22 heavy (non-hydrogen) atoms. The first-order valence-electron chi connectivity index (χ1n) is 6.74. The molecule has 0 fully saturated rings. The normalized spacial score (nSPS) is 10.4. The number of hydrogen-bond donors (Lipinski definition) is 1. The number of rotatable bonds is 4. The van der Waals surface area contributed by atoms with Gasteiger partial charge in [-0.25, -0.2) is 0 Å². The van der Waals surface area contributed by atoms with Crippen LogP contribution in [0.25, 0.3) is 11.3 Å². The van der Waals surface area contributed by atoms with E-state index in [-0.39, 0.29) is 5.91 Å². The Balaban J connectivity index is 1.69. The van der Waals surface area contributed by atoms with Crippen molar-refractivity contribution in [2.75, 3.05) is 0 Å². The van der Waals surface area contributed by atoms with E-state index in [1.165, 1.54) is 0 Å². The first-order valence-corrected chi connectivity index (χ1v) is 7.53. The fraction of sp³-hybridized carbons (Fsp3) is 0.0588. The van der Waals surface area contributed by atoms with E-state index in [1.54, 1.807) is 30.8 Å². The number of benzene rings is 1. The Labute approximate surface area is 136 Å². The predicted octanol–water partition coefficient (Wildman–Crippen LogP) is 4.03. The Bertz CT molecular complexity index is 785. The minimum atomic E-state index is -0.121. The Kier molecular flexibility index (Phi) is 4.34. The summed E-state index contributed by atoms with van der Waals surface area (Å²) in [7, 11) is 0. The summed E-state index contributed by atoms with van der Waals surface area (Å²) < 4.78 is 6.23. The lowest BCUT2D eigenvalue weighted by molar-refractivity contribution is 0.0951. The molecule has 2 aromatic heterocycles. The number of carbonyl (C=O) groups is 1. The van der Waals surface area contributed by atoms with E-state index in [4.69, 9.17) is 4.42 Å². The zero-order valence-corrected chi connectivity index (χ0v) is 13.2. The molecule has 0 aliphatic rings. The number of carbonyl (C=O) groups excluding carboxylic acids is 1. The number of amides is 1. The number of aromatic nitrogens is 1. The number of nitrogens with one attached hydrogen (secondary N) is 1. The average molecular weight is 357 g/mol. The SMILES string of the molecule is O=C(NCc1cncc(-c2ccco2)c1)c1cccc(Br)c1. The molecule has 0 atom stereocenters. The molecule has 0 aliphatic heterocycles. The fourth-order valence-corrected chi connectivity index (χ4v) is 2.48. The molecule has 1 amide bonds. The smallest absolute Gasteiger partial charge is 0.251 e. The second-order valence-electron chi connectivity index (χ2n) is 4.75. The van der Waals surface area contributed by atoms with E-state index in [1.807, 2.05) is 30.3 Å². The minimum Gasteiger partial charge on any atom is -0.464 e. The third-order valence-corrected chi connectivity index (χ3v) is 3.63. The van der Waals surface area contributed by atoms with Crippen molar-refractivity contribution in [1.29, 1.82) is 0 Å². The predicted molar refractivity (Wildman–Crippen MR) is 87.3 cm³/mol. The van der Waals surface area contributed by atoms with Crippen molar-refractivity contribution in [3.05, 3.63) is 76.7 Å². The van der Waals surface area contributed by atoms with Crippen LogP contribution in [0.2, 0.25) is 0 Å². The van der Waals surface area contributed by atoms with Crippen molar-refractivity contribution < 1.29 is 9.21 Å². The molecule has 0 radical (unpaired) electrons. The van der Waals surface area contributed by atoms with E-state index < -0.39 is 0 Å². The van der Waals surface area contributed by atoms with Gasteiger partial charge in [0.05, 0.1) is 6.26 Å². The van der Waals surface area contributed by atoms with Crippen LogP contribution in [0.1, 0.15) is 15.9 Å². The summed E-state index contributed by atoms with van der Waals surface area (Å²) in [5.74, 6) is 0.636. The van der Waals surface area contributed by atoms with Gasteiger partial charge >= 0.3 is 0 Å². The maximum absolute atomic E-state index is 12.1. The summed E-state index contributed by atoms with van der Waals surface area (Å²) in [6.07, 6.45) is 5.09. The maximum Gasteiger partial charge on any atom is 0.251 e. The van der Waals surface area contributed by atoms with E-state index in [9.17, 15) is 4.79 Å². The third-order valence-electron chi connectivity index (χ3n) is 3.14. The summed E-state index contributed by atoms with van der Waals surface area (Å²) in [4.78, 5) is 16.3. The molecule has 1 N–H and O–H groups in total. The van der Waals surface area contributed by atoms with Gasteiger partial charge in [-0.15, -0.1) is 0 Å². The van der Waals surface area contributed by atoms with Crippen LogP contribution >= 0.6 is 15.9 Å². The van der Waals surface area contributed by atoms with E-state index in [0.29, 0.717) is 12.1 Å². The van der Waals surface area contributed by atoms with Crippen molar-refractivity contribution in [3.63, 3.8) is 0 Å². The van der Waals surface area contributed by atoms with Gasteiger partial charge in [-0.1, -0.05) is 22.0 Å². The van der Waals surface area contributed by atoms with Crippen LogP contribution in [0.15, 0.2) is 70.0 Å². The lowest BCUT2D eigenvalue weighted by Gasteiger charge is -2.06. The molecule has 3 rings (SSSR count). The molecule has 3 aromatic rings. The Morgan fingerprint density at radius 3 is 2.86 bits per heavy atom.